The van der Waals surface area contributed by atoms with E-state index >= 15 is 0 Å². The minimum Gasteiger partial charge on any atom is -0.470 e. The predicted octanol–water partition coefficient (Wildman–Crippen LogP) is 4.89. The molecule has 2 nitrogen and oxygen atoms in total. The van der Waals surface area contributed by atoms with Crippen molar-refractivity contribution in [3.05, 3.63) is 65.8 Å². The molecule has 0 aliphatic heterocycles. The first-order valence-electron chi connectivity index (χ1n) is 6.22. The van der Waals surface area contributed by atoms with E-state index < -0.39 is 0 Å². The third kappa shape index (κ3) is 2.45. The summed E-state index contributed by atoms with van der Waals surface area (Å²) in [4.78, 5) is 0. The smallest absolute Gasteiger partial charge is 0.173 e. The zero-order valence-electron chi connectivity index (χ0n) is 10.6. The van der Waals surface area contributed by atoms with Crippen LogP contribution in [0.15, 0.2) is 60.8 Å². The molecule has 0 N–H and O–H groups in total. The molecule has 1 atom stereocenters. The Morgan fingerprint density at radius 2 is 1.74 bits per heavy atom. The predicted molar refractivity (Wildman–Crippen MR) is 78.7 cm³/mol. The minimum absolute atomic E-state index is 0.0684. The molecule has 1 heterocycles. The Morgan fingerprint density at radius 3 is 2.53 bits per heavy atom. The van der Waals surface area contributed by atoms with Crippen LogP contribution in [-0.2, 0) is 0 Å². The Labute approximate surface area is 117 Å². The second-order valence-corrected chi connectivity index (χ2v) is 4.89. The third-order valence-electron chi connectivity index (χ3n) is 3.14. The number of ether oxygens (including phenoxy) is 1. The second kappa shape index (κ2) is 4.98. The molecule has 0 amide bonds. The Balaban J connectivity index is 1.87. The van der Waals surface area contributed by atoms with Gasteiger partial charge in [0, 0.05) is 11.2 Å². The van der Waals surface area contributed by atoms with Crippen LogP contribution in [0.5, 0.6) is 5.75 Å². The molecular formula is C16H14ClNO. The van der Waals surface area contributed by atoms with Crippen LogP contribution in [-0.4, -0.2) is 4.57 Å². The first kappa shape index (κ1) is 12.1. The average molecular weight is 272 g/mol. The van der Waals surface area contributed by atoms with Crippen molar-refractivity contribution in [3.8, 4) is 5.75 Å². The van der Waals surface area contributed by atoms with E-state index in [2.05, 4.69) is 22.8 Å². The van der Waals surface area contributed by atoms with E-state index in [-0.39, 0.29) is 6.23 Å². The number of hydrogen-bond acceptors (Lipinski definition) is 1. The van der Waals surface area contributed by atoms with Gasteiger partial charge in [0.25, 0.3) is 0 Å². The van der Waals surface area contributed by atoms with Crippen LogP contribution in [0.2, 0.25) is 5.02 Å². The standard InChI is InChI=1S/C16H14ClNO/c1-12(19-15-8-6-14(17)7-9-15)18-11-10-13-4-2-3-5-16(13)18/h2-12H,1H3/t12-/m0/s1. The van der Waals surface area contributed by atoms with Crippen LogP contribution in [0.3, 0.4) is 0 Å². The first-order chi connectivity index (χ1) is 9.24. The number of benzene rings is 2. The zero-order chi connectivity index (χ0) is 13.2. The summed E-state index contributed by atoms with van der Waals surface area (Å²) >= 11 is 5.87. The molecule has 0 aliphatic carbocycles. The lowest BCUT2D eigenvalue weighted by Gasteiger charge is -2.17. The molecule has 0 spiro atoms. The number of para-hydroxylation sites is 1. The summed E-state index contributed by atoms with van der Waals surface area (Å²) in [5.41, 5.74) is 1.17. The van der Waals surface area contributed by atoms with Crippen molar-refractivity contribution in [2.45, 2.75) is 13.2 Å². The van der Waals surface area contributed by atoms with Crippen molar-refractivity contribution in [2.24, 2.45) is 0 Å². The van der Waals surface area contributed by atoms with Crippen LogP contribution in [0.25, 0.3) is 10.9 Å². The topological polar surface area (TPSA) is 14.2 Å². The quantitative estimate of drug-likeness (QED) is 0.661. The number of fused-ring (bicyclic) bond motifs is 1. The van der Waals surface area contributed by atoms with Gasteiger partial charge in [-0.2, -0.15) is 0 Å². The fourth-order valence-corrected chi connectivity index (χ4v) is 2.31. The number of rotatable bonds is 3. The van der Waals surface area contributed by atoms with Gasteiger partial charge < -0.3 is 9.30 Å². The van der Waals surface area contributed by atoms with Crippen LogP contribution in [0, 0.1) is 0 Å². The van der Waals surface area contributed by atoms with Crippen LogP contribution >= 0.6 is 11.6 Å². The van der Waals surface area contributed by atoms with E-state index in [0.29, 0.717) is 5.02 Å². The molecule has 19 heavy (non-hydrogen) atoms. The molecule has 3 rings (SSSR count). The third-order valence-corrected chi connectivity index (χ3v) is 3.39. The number of nitrogens with zero attached hydrogens (tertiary/aromatic N) is 1. The highest BCUT2D eigenvalue weighted by Gasteiger charge is 2.09. The van der Waals surface area contributed by atoms with Crippen LogP contribution in [0.4, 0.5) is 0 Å². The highest BCUT2D eigenvalue weighted by molar-refractivity contribution is 6.30. The molecule has 0 aliphatic rings. The van der Waals surface area contributed by atoms with Gasteiger partial charge in [-0.3, -0.25) is 0 Å². The van der Waals surface area contributed by atoms with E-state index in [9.17, 15) is 0 Å². The SMILES string of the molecule is C[C@H](Oc1ccc(Cl)cc1)n1ccc2ccccc21. The lowest BCUT2D eigenvalue weighted by molar-refractivity contribution is 0.157. The Morgan fingerprint density at radius 1 is 1.00 bits per heavy atom. The lowest BCUT2D eigenvalue weighted by atomic mass is 10.2. The van der Waals surface area contributed by atoms with Crippen LogP contribution in [0.1, 0.15) is 13.2 Å². The number of aromatic nitrogens is 1. The average Bonchev–Trinajstić information content (AvgIpc) is 2.85. The highest BCUT2D eigenvalue weighted by Crippen LogP contribution is 2.24. The van der Waals surface area contributed by atoms with Gasteiger partial charge in [0.2, 0.25) is 0 Å². The normalized spacial score (nSPS) is 12.5. The maximum absolute atomic E-state index is 5.93. The van der Waals surface area contributed by atoms with Crippen LogP contribution < -0.4 is 4.74 Å². The van der Waals surface area contributed by atoms with Gasteiger partial charge in [0.05, 0.1) is 5.52 Å². The van der Waals surface area contributed by atoms with Crippen molar-refractivity contribution >= 4 is 22.5 Å². The maximum atomic E-state index is 5.93. The summed E-state index contributed by atoms with van der Waals surface area (Å²) in [6, 6.07) is 17.8. The molecule has 0 saturated heterocycles. The van der Waals surface area contributed by atoms with Gasteiger partial charge in [-0.1, -0.05) is 29.8 Å². The van der Waals surface area contributed by atoms with Crippen molar-refractivity contribution in [3.63, 3.8) is 0 Å². The fourth-order valence-electron chi connectivity index (χ4n) is 2.19. The zero-order valence-corrected chi connectivity index (χ0v) is 11.3. The van der Waals surface area contributed by atoms with Gasteiger partial charge in [0.15, 0.2) is 6.23 Å². The molecule has 1 aromatic heterocycles. The highest BCUT2D eigenvalue weighted by atomic mass is 35.5. The molecular weight excluding hydrogens is 258 g/mol. The number of hydrogen-bond donors (Lipinski definition) is 0. The molecule has 96 valence electrons. The monoisotopic (exact) mass is 271 g/mol. The summed E-state index contributed by atoms with van der Waals surface area (Å²) in [6.45, 7) is 2.03. The Kier molecular flexibility index (Phi) is 3.18. The summed E-state index contributed by atoms with van der Waals surface area (Å²) < 4.78 is 8.04. The molecule has 3 aromatic rings. The fraction of sp³-hybridized carbons (Fsp3) is 0.125. The largest absolute Gasteiger partial charge is 0.470 e. The summed E-state index contributed by atoms with van der Waals surface area (Å²) in [6.07, 6.45) is 1.98. The first-order valence-corrected chi connectivity index (χ1v) is 6.59. The molecule has 0 fully saturated rings. The van der Waals surface area contributed by atoms with Gasteiger partial charge >= 0.3 is 0 Å². The number of halogens is 1. The molecule has 0 saturated carbocycles. The van der Waals surface area contributed by atoms with Gasteiger partial charge in [0.1, 0.15) is 5.75 Å². The Bertz CT molecular complexity index is 687. The maximum Gasteiger partial charge on any atom is 0.173 e. The van der Waals surface area contributed by atoms with E-state index in [0.717, 1.165) is 5.75 Å². The molecule has 0 radical (unpaired) electrons. The van der Waals surface area contributed by atoms with Crippen molar-refractivity contribution in [1.29, 1.82) is 0 Å². The van der Waals surface area contributed by atoms with Gasteiger partial charge in [-0.05, 0) is 48.7 Å². The summed E-state index contributed by atoms with van der Waals surface area (Å²) in [7, 11) is 0. The Hall–Kier alpha value is -1.93. The summed E-state index contributed by atoms with van der Waals surface area (Å²) in [5.74, 6) is 0.815. The second-order valence-electron chi connectivity index (χ2n) is 4.45. The molecule has 0 unspecified atom stereocenters. The van der Waals surface area contributed by atoms with Crippen molar-refractivity contribution in [2.75, 3.05) is 0 Å². The van der Waals surface area contributed by atoms with E-state index in [1.54, 1.807) is 0 Å². The van der Waals surface area contributed by atoms with Crippen molar-refractivity contribution in [1.82, 2.24) is 4.57 Å². The van der Waals surface area contributed by atoms with E-state index in [1.165, 1.54) is 10.9 Å². The van der Waals surface area contributed by atoms with E-state index in [1.807, 2.05) is 49.5 Å². The molecule has 2 aromatic carbocycles. The van der Waals surface area contributed by atoms with E-state index in [4.69, 9.17) is 16.3 Å². The molecule has 3 heteroatoms. The minimum atomic E-state index is -0.0684. The van der Waals surface area contributed by atoms with Gasteiger partial charge in [-0.15, -0.1) is 0 Å². The van der Waals surface area contributed by atoms with Gasteiger partial charge in [-0.25, -0.2) is 0 Å². The van der Waals surface area contributed by atoms with Crippen molar-refractivity contribution < 1.29 is 4.74 Å². The lowest BCUT2D eigenvalue weighted by Crippen LogP contribution is -2.10. The molecule has 0 bridgehead atoms. The summed E-state index contributed by atoms with van der Waals surface area (Å²) in [5, 5.41) is 1.93.